The van der Waals surface area contributed by atoms with E-state index in [0.717, 1.165) is 47.6 Å². The highest BCUT2D eigenvalue weighted by Gasteiger charge is 2.14. The molecule has 0 saturated heterocycles. The Hall–Kier alpha value is -3.37. The van der Waals surface area contributed by atoms with E-state index in [-0.39, 0.29) is 11.8 Å². The predicted molar refractivity (Wildman–Crippen MR) is 120 cm³/mol. The van der Waals surface area contributed by atoms with E-state index in [1.54, 1.807) is 12.1 Å². The molecule has 1 N–H and O–H groups in total. The Morgan fingerprint density at radius 1 is 1.29 bits per heavy atom. The molecule has 0 amide bonds. The van der Waals surface area contributed by atoms with Crippen molar-refractivity contribution in [3.63, 3.8) is 0 Å². The van der Waals surface area contributed by atoms with Gasteiger partial charge >= 0.3 is 5.97 Å². The number of ether oxygens (including phenoxy) is 1. The molecule has 0 radical (unpaired) electrons. The summed E-state index contributed by atoms with van der Waals surface area (Å²) >= 11 is 0. The molecule has 3 rings (SSSR count). The lowest BCUT2D eigenvalue weighted by Gasteiger charge is -2.09. The molecule has 0 saturated carbocycles. The van der Waals surface area contributed by atoms with Gasteiger partial charge in [-0.2, -0.15) is 0 Å². The molecule has 2 aromatic rings. The molecule has 1 heterocycles. The number of nitrogens with one attached hydrogen (secondary N) is 1. The first-order valence-corrected chi connectivity index (χ1v) is 10.5. The maximum Gasteiger partial charge on any atom is 0.333 e. The third-order valence-electron chi connectivity index (χ3n) is 5.14. The summed E-state index contributed by atoms with van der Waals surface area (Å²) in [5.41, 5.74) is 8.60. The number of rotatable bonds is 10. The number of carbonyl (C=O) groups is 1. The van der Waals surface area contributed by atoms with Crippen LogP contribution in [-0.4, -0.2) is 29.2 Å². The number of aromatic nitrogens is 2. The Kier molecular flexibility index (Phi) is 7.63. The van der Waals surface area contributed by atoms with E-state index < -0.39 is 0 Å². The number of unbranched alkanes of at least 4 members (excludes halogenated alkanes) is 1. The summed E-state index contributed by atoms with van der Waals surface area (Å²) in [5, 5.41) is 3.19. The maximum atomic E-state index is 12.9. The average molecular weight is 422 g/mol. The van der Waals surface area contributed by atoms with Crippen LogP contribution in [0.15, 0.2) is 60.1 Å². The highest BCUT2D eigenvalue weighted by Crippen LogP contribution is 2.21. The predicted octanol–water partition coefficient (Wildman–Crippen LogP) is 4.67. The van der Waals surface area contributed by atoms with E-state index in [0.29, 0.717) is 25.0 Å². The number of nitrogens with zero attached hydrogens (tertiary/aromatic N) is 2. The highest BCUT2D eigenvalue weighted by molar-refractivity contribution is 5.87. The van der Waals surface area contributed by atoms with Gasteiger partial charge in [0, 0.05) is 25.2 Å². The van der Waals surface area contributed by atoms with Crippen LogP contribution in [0, 0.1) is 5.82 Å². The number of carbonyl (C=O) groups excluding carboxylic acids is 1. The van der Waals surface area contributed by atoms with Crippen molar-refractivity contribution in [3.8, 4) is 0 Å². The lowest BCUT2D eigenvalue weighted by Crippen LogP contribution is -2.10. The fraction of sp³-hybridized carbons (Fsp3) is 0.320. The van der Waals surface area contributed by atoms with Gasteiger partial charge < -0.3 is 14.6 Å². The molecule has 6 heteroatoms. The van der Waals surface area contributed by atoms with E-state index in [9.17, 15) is 9.18 Å². The van der Waals surface area contributed by atoms with Crippen LogP contribution in [0.5, 0.6) is 0 Å². The fourth-order valence-corrected chi connectivity index (χ4v) is 3.33. The Labute approximate surface area is 182 Å². The summed E-state index contributed by atoms with van der Waals surface area (Å²) in [7, 11) is 1.88. The van der Waals surface area contributed by atoms with Crippen molar-refractivity contribution >= 4 is 17.7 Å². The van der Waals surface area contributed by atoms with Crippen molar-refractivity contribution in [3.05, 3.63) is 82.9 Å². The molecule has 5 nitrogen and oxygen atoms in total. The summed E-state index contributed by atoms with van der Waals surface area (Å²) in [6.07, 6.45) is 8.55. The summed E-state index contributed by atoms with van der Waals surface area (Å²) in [6.45, 7) is 6.95. The van der Waals surface area contributed by atoms with Gasteiger partial charge in [0.05, 0.1) is 24.3 Å². The molecule has 0 aliphatic heterocycles. The molecule has 0 spiro atoms. The second kappa shape index (κ2) is 10.6. The van der Waals surface area contributed by atoms with Gasteiger partial charge in [0.25, 0.3) is 0 Å². The molecular formula is C25H28FN3O2. The fourth-order valence-electron chi connectivity index (χ4n) is 3.33. The van der Waals surface area contributed by atoms with Gasteiger partial charge in [-0.05, 0) is 62.0 Å². The average Bonchev–Trinajstić information content (AvgIpc) is 3.09. The van der Waals surface area contributed by atoms with Crippen molar-refractivity contribution in [2.45, 2.75) is 39.2 Å². The van der Waals surface area contributed by atoms with Crippen LogP contribution in [0.1, 0.15) is 43.1 Å². The zero-order valence-corrected chi connectivity index (χ0v) is 18.1. The first kappa shape index (κ1) is 22.3. The molecule has 0 fully saturated rings. The second-order valence-electron chi connectivity index (χ2n) is 7.52. The van der Waals surface area contributed by atoms with Crippen molar-refractivity contribution in [2.24, 2.45) is 0 Å². The zero-order valence-electron chi connectivity index (χ0n) is 18.1. The Morgan fingerprint density at radius 3 is 2.81 bits per heavy atom. The van der Waals surface area contributed by atoms with Gasteiger partial charge in [-0.3, -0.25) is 0 Å². The van der Waals surface area contributed by atoms with Crippen LogP contribution < -0.4 is 5.32 Å². The molecule has 0 bridgehead atoms. The summed E-state index contributed by atoms with van der Waals surface area (Å²) in [4.78, 5) is 16.6. The molecule has 31 heavy (non-hydrogen) atoms. The summed E-state index contributed by atoms with van der Waals surface area (Å²) in [5.74, 6) is -0.638. The minimum absolute atomic E-state index is 0.268. The number of fused-ring (bicyclic) bond motifs is 1. The third kappa shape index (κ3) is 6.06. The number of allylic oxidation sites excluding steroid dienone is 2. The molecular weight excluding hydrogens is 393 g/mol. The van der Waals surface area contributed by atoms with Crippen LogP contribution >= 0.6 is 0 Å². The van der Waals surface area contributed by atoms with Crippen molar-refractivity contribution in [2.75, 3.05) is 13.7 Å². The number of imidazole rings is 1. The third-order valence-corrected chi connectivity index (χ3v) is 5.14. The number of hydrogen-bond donors (Lipinski definition) is 1. The van der Waals surface area contributed by atoms with Gasteiger partial charge in [0.15, 0.2) is 0 Å². The SMILES string of the molecule is C=C(CCc1ccc(F)cc1)C(=O)OCCCCn1cnc2c1C=C=C(C)C=C2NC. The topological polar surface area (TPSA) is 56.2 Å². The Morgan fingerprint density at radius 2 is 2.06 bits per heavy atom. The standard InChI is InChI=1S/C25H28FN3O2/c1-18-6-13-23-24(22(16-18)27-3)28-17-29(23)14-4-5-15-31-25(30)19(2)7-8-20-9-11-21(26)12-10-20/h9-13,16-17,27H,2,4-5,7-8,14-15H2,1,3H3. The van der Waals surface area contributed by atoms with Gasteiger partial charge in [-0.25, -0.2) is 14.2 Å². The monoisotopic (exact) mass is 421 g/mol. The molecule has 0 unspecified atom stereocenters. The van der Waals surface area contributed by atoms with Crippen LogP contribution in [0.25, 0.3) is 11.8 Å². The van der Waals surface area contributed by atoms with E-state index in [1.165, 1.54) is 12.1 Å². The summed E-state index contributed by atoms with van der Waals surface area (Å²) in [6, 6.07) is 6.26. The van der Waals surface area contributed by atoms with Crippen LogP contribution in [0.2, 0.25) is 0 Å². The molecule has 1 aliphatic rings. The summed E-state index contributed by atoms with van der Waals surface area (Å²) < 4.78 is 20.4. The van der Waals surface area contributed by atoms with Gasteiger partial charge in [-0.15, -0.1) is 5.73 Å². The van der Waals surface area contributed by atoms with E-state index in [4.69, 9.17) is 4.74 Å². The van der Waals surface area contributed by atoms with Crippen LogP contribution in [-0.2, 0) is 22.5 Å². The Balaban J connectivity index is 1.41. The van der Waals surface area contributed by atoms with Crippen molar-refractivity contribution < 1.29 is 13.9 Å². The van der Waals surface area contributed by atoms with Gasteiger partial charge in [0.1, 0.15) is 11.5 Å². The minimum atomic E-state index is -0.369. The smallest absolute Gasteiger partial charge is 0.333 e. The number of halogens is 1. The number of esters is 1. The van der Waals surface area contributed by atoms with E-state index in [2.05, 4.69) is 27.2 Å². The molecule has 1 aromatic carbocycles. The molecule has 1 aromatic heterocycles. The van der Waals surface area contributed by atoms with Crippen LogP contribution in [0.3, 0.4) is 0 Å². The quantitative estimate of drug-likeness (QED) is 0.262. The minimum Gasteiger partial charge on any atom is -0.462 e. The van der Waals surface area contributed by atoms with Gasteiger partial charge in [-0.1, -0.05) is 18.7 Å². The van der Waals surface area contributed by atoms with Crippen molar-refractivity contribution in [1.29, 1.82) is 0 Å². The van der Waals surface area contributed by atoms with E-state index in [1.807, 2.05) is 32.5 Å². The Bertz CT molecular complexity index is 1040. The van der Waals surface area contributed by atoms with Gasteiger partial charge in [0.2, 0.25) is 0 Å². The zero-order chi connectivity index (χ0) is 22.2. The van der Waals surface area contributed by atoms with E-state index >= 15 is 0 Å². The lowest BCUT2D eigenvalue weighted by molar-refractivity contribution is -0.139. The first-order valence-electron chi connectivity index (χ1n) is 10.5. The normalized spacial score (nSPS) is 12.5. The maximum absolute atomic E-state index is 12.9. The lowest BCUT2D eigenvalue weighted by atomic mass is 10.1. The second-order valence-corrected chi connectivity index (χ2v) is 7.52. The first-order chi connectivity index (χ1) is 15.0. The highest BCUT2D eigenvalue weighted by atomic mass is 19.1. The molecule has 0 atom stereocenters. The number of aryl methyl sites for hydroxylation is 2. The number of benzene rings is 1. The molecule has 1 aliphatic carbocycles. The number of hydrogen-bond acceptors (Lipinski definition) is 4. The largest absolute Gasteiger partial charge is 0.462 e. The van der Waals surface area contributed by atoms with Crippen LogP contribution in [0.4, 0.5) is 4.39 Å². The van der Waals surface area contributed by atoms with Crippen molar-refractivity contribution in [1.82, 2.24) is 14.9 Å². The molecule has 162 valence electrons.